The lowest BCUT2D eigenvalue weighted by molar-refractivity contribution is 0.302. The van der Waals surface area contributed by atoms with Crippen LogP contribution < -0.4 is 0 Å². The van der Waals surface area contributed by atoms with Crippen LogP contribution in [0.3, 0.4) is 0 Å². The first kappa shape index (κ1) is 25.5. The van der Waals surface area contributed by atoms with Gasteiger partial charge in [0.2, 0.25) is 0 Å². The molecule has 1 nitrogen and oxygen atoms in total. The van der Waals surface area contributed by atoms with E-state index in [4.69, 9.17) is 16.3 Å². The molecule has 0 spiro atoms. The molecular weight excluding hydrogens is 364 g/mol. The van der Waals surface area contributed by atoms with Gasteiger partial charge in [0.1, 0.15) is 0 Å². The predicted octanol–water partition coefficient (Wildman–Crippen LogP) is 9.23. The van der Waals surface area contributed by atoms with Gasteiger partial charge in [0, 0.05) is 5.02 Å². The van der Waals surface area contributed by atoms with E-state index in [2.05, 4.69) is 13.8 Å². The van der Waals surface area contributed by atoms with Crippen LogP contribution in [0.5, 0.6) is 0 Å². The predicted molar refractivity (Wildman–Crippen MR) is 125 cm³/mol. The molecule has 0 amide bonds. The standard InChI is InChI=1S/C20H40O.C6H5Cl/c1-3-5-6-7-8-9-10-11-12-13-14-15-16-17-19(4-2)20-18-21-20;7-6-4-2-1-3-5-6/h19-20H,3-18H2,1-2H3;1-5H. The number of halogens is 1. The van der Waals surface area contributed by atoms with Crippen molar-refractivity contribution in [3.8, 4) is 0 Å². The maximum Gasteiger partial charge on any atom is 0.0837 e. The van der Waals surface area contributed by atoms with Crippen LogP contribution in [-0.4, -0.2) is 12.7 Å². The Morgan fingerprint density at radius 3 is 1.61 bits per heavy atom. The molecule has 2 rings (SSSR count). The van der Waals surface area contributed by atoms with Gasteiger partial charge in [0.05, 0.1) is 12.7 Å². The molecule has 0 radical (unpaired) electrons. The summed E-state index contributed by atoms with van der Waals surface area (Å²) in [6.45, 7) is 5.65. The number of rotatable bonds is 16. The van der Waals surface area contributed by atoms with Gasteiger partial charge in [0.15, 0.2) is 0 Å². The molecule has 2 heteroatoms. The Bertz CT molecular complexity index is 429. The van der Waals surface area contributed by atoms with Gasteiger partial charge in [-0.2, -0.15) is 0 Å². The molecule has 1 saturated heterocycles. The van der Waals surface area contributed by atoms with Gasteiger partial charge >= 0.3 is 0 Å². The zero-order valence-corrected chi connectivity index (χ0v) is 19.4. The van der Waals surface area contributed by atoms with Gasteiger partial charge in [-0.1, -0.05) is 134 Å². The molecule has 1 aromatic carbocycles. The minimum atomic E-state index is 0.632. The third kappa shape index (κ3) is 15.4. The summed E-state index contributed by atoms with van der Waals surface area (Å²) in [7, 11) is 0. The van der Waals surface area contributed by atoms with Crippen LogP contribution in [0.15, 0.2) is 30.3 Å². The average Bonchev–Trinajstić information content (AvgIpc) is 3.55. The highest BCUT2D eigenvalue weighted by molar-refractivity contribution is 6.30. The number of ether oxygens (including phenoxy) is 1. The van der Waals surface area contributed by atoms with Crippen LogP contribution in [-0.2, 0) is 4.74 Å². The first-order valence-corrected chi connectivity index (χ1v) is 12.5. The Hall–Kier alpha value is -0.530. The van der Waals surface area contributed by atoms with Crippen LogP contribution in [0.25, 0.3) is 0 Å². The molecular formula is C26H45ClO. The second-order valence-corrected chi connectivity index (χ2v) is 8.80. The number of hydrogen-bond donors (Lipinski definition) is 0. The van der Waals surface area contributed by atoms with E-state index in [1.807, 2.05) is 30.3 Å². The molecule has 1 aromatic rings. The van der Waals surface area contributed by atoms with E-state index in [9.17, 15) is 0 Å². The molecule has 162 valence electrons. The summed E-state index contributed by atoms with van der Waals surface area (Å²) in [6.07, 6.45) is 22.2. The number of epoxide rings is 1. The van der Waals surface area contributed by atoms with E-state index < -0.39 is 0 Å². The van der Waals surface area contributed by atoms with Crippen LogP contribution in [0, 0.1) is 5.92 Å². The van der Waals surface area contributed by atoms with Crippen molar-refractivity contribution >= 4 is 11.6 Å². The number of benzene rings is 1. The lowest BCUT2D eigenvalue weighted by Gasteiger charge is -2.11. The fourth-order valence-electron chi connectivity index (χ4n) is 3.82. The normalized spacial score (nSPS) is 16.3. The number of unbranched alkanes of at least 4 members (excludes halogenated alkanes) is 12. The second-order valence-electron chi connectivity index (χ2n) is 8.37. The lowest BCUT2D eigenvalue weighted by atomic mass is 9.95. The molecule has 1 aliphatic heterocycles. The van der Waals surface area contributed by atoms with E-state index in [0.717, 1.165) is 17.5 Å². The molecule has 0 aliphatic carbocycles. The zero-order valence-electron chi connectivity index (χ0n) is 18.6. The lowest BCUT2D eigenvalue weighted by Crippen LogP contribution is -2.06. The highest BCUT2D eigenvalue weighted by atomic mass is 35.5. The fourth-order valence-corrected chi connectivity index (χ4v) is 3.97. The summed E-state index contributed by atoms with van der Waals surface area (Å²) < 4.78 is 5.43. The van der Waals surface area contributed by atoms with Gasteiger partial charge in [-0.25, -0.2) is 0 Å². The molecule has 1 heterocycles. The molecule has 0 bridgehead atoms. The molecule has 0 aromatic heterocycles. The van der Waals surface area contributed by atoms with Crippen molar-refractivity contribution in [2.45, 2.75) is 116 Å². The van der Waals surface area contributed by atoms with Crippen LogP contribution in [0.1, 0.15) is 110 Å². The topological polar surface area (TPSA) is 12.5 Å². The molecule has 0 N–H and O–H groups in total. The second kappa shape index (κ2) is 18.5. The Morgan fingerprint density at radius 1 is 0.786 bits per heavy atom. The highest BCUT2D eigenvalue weighted by Crippen LogP contribution is 2.27. The minimum absolute atomic E-state index is 0.632. The van der Waals surface area contributed by atoms with E-state index in [-0.39, 0.29) is 0 Å². The van der Waals surface area contributed by atoms with Crippen LogP contribution in [0.2, 0.25) is 5.02 Å². The van der Waals surface area contributed by atoms with Crippen molar-refractivity contribution in [2.24, 2.45) is 5.92 Å². The number of hydrogen-bond acceptors (Lipinski definition) is 1. The van der Waals surface area contributed by atoms with Gasteiger partial charge < -0.3 is 4.74 Å². The summed E-state index contributed by atoms with van der Waals surface area (Å²) in [5.41, 5.74) is 0. The Morgan fingerprint density at radius 2 is 1.25 bits per heavy atom. The largest absolute Gasteiger partial charge is 0.373 e. The molecule has 0 saturated carbocycles. The summed E-state index contributed by atoms with van der Waals surface area (Å²) in [6, 6.07) is 9.44. The van der Waals surface area contributed by atoms with Crippen LogP contribution in [0.4, 0.5) is 0 Å². The Balaban J connectivity index is 0.000000467. The average molecular weight is 409 g/mol. The maximum atomic E-state index is 5.54. The van der Waals surface area contributed by atoms with Crippen molar-refractivity contribution in [3.63, 3.8) is 0 Å². The van der Waals surface area contributed by atoms with Crippen molar-refractivity contribution < 1.29 is 4.74 Å². The summed E-state index contributed by atoms with van der Waals surface area (Å²) >= 11 is 5.54. The molecule has 2 unspecified atom stereocenters. The van der Waals surface area contributed by atoms with E-state index in [0.29, 0.717) is 6.10 Å². The van der Waals surface area contributed by atoms with Crippen LogP contribution >= 0.6 is 11.6 Å². The smallest absolute Gasteiger partial charge is 0.0837 e. The van der Waals surface area contributed by atoms with Gasteiger partial charge in [-0.15, -0.1) is 0 Å². The van der Waals surface area contributed by atoms with Crippen molar-refractivity contribution in [1.29, 1.82) is 0 Å². The quantitative estimate of drug-likeness (QED) is 0.196. The van der Waals surface area contributed by atoms with E-state index >= 15 is 0 Å². The van der Waals surface area contributed by atoms with Gasteiger partial charge in [-0.05, 0) is 24.5 Å². The fraction of sp³-hybridized carbons (Fsp3) is 0.769. The zero-order chi connectivity index (χ0) is 20.3. The van der Waals surface area contributed by atoms with E-state index in [1.165, 1.54) is 96.3 Å². The maximum absolute atomic E-state index is 5.54. The summed E-state index contributed by atoms with van der Waals surface area (Å²) in [5, 5.41) is 0.794. The first-order valence-electron chi connectivity index (χ1n) is 12.1. The van der Waals surface area contributed by atoms with Crippen molar-refractivity contribution in [1.82, 2.24) is 0 Å². The molecule has 1 aliphatic rings. The first-order chi connectivity index (χ1) is 13.8. The van der Waals surface area contributed by atoms with Crippen molar-refractivity contribution in [3.05, 3.63) is 35.4 Å². The third-order valence-corrected chi connectivity index (χ3v) is 6.07. The van der Waals surface area contributed by atoms with Gasteiger partial charge in [-0.3, -0.25) is 0 Å². The SMILES string of the molecule is CCCCCCCCCCCCCCCC(CC)C1CO1.Clc1ccccc1. The highest BCUT2D eigenvalue weighted by Gasteiger charge is 2.30. The molecule has 28 heavy (non-hydrogen) atoms. The minimum Gasteiger partial charge on any atom is -0.373 e. The van der Waals surface area contributed by atoms with Gasteiger partial charge in [0.25, 0.3) is 0 Å². The Kier molecular flexibility index (Phi) is 16.8. The monoisotopic (exact) mass is 408 g/mol. The summed E-state index contributed by atoms with van der Waals surface area (Å²) in [4.78, 5) is 0. The molecule has 2 atom stereocenters. The molecule has 1 fully saturated rings. The summed E-state index contributed by atoms with van der Waals surface area (Å²) in [5.74, 6) is 0.859. The van der Waals surface area contributed by atoms with E-state index in [1.54, 1.807) is 0 Å². The Labute approximate surface area is 180 Å². The third-order valence-electron chi connectivity index (χ3n) is 5.82. The van der Waals surface area contributed by atoms with Crippen molar-refractivity contribution in [2.75, 3.05) is 6.61 Å².